The second-order valence-corrected chi connectivity index (χ2v) is 20.0. The van der Waals surface area contributed by atoms with Gasteiger partial charge in [0, 0.05) is 0 Å². The van der Waals surface area contributed by atoms with Crippen molar-refractivity contribution in [3.63, 3.8) is 0 Å². The van der Waals surface area contributed by atoms with Gasteiger partial charge in [-0.1, -0.05) is 157 Å². The lowest BCUT2D eigenvalue weighted by Gasteiger charge is -2.18. The molecule has 0 aliphatic heterocycles. The van der Waals surface area contributed by atoms with Crippen molar-refractivity contribution < 1.29 is 31.1 Å². The van der Waals surface area contributed by atoms with Crippen molar-refractivity contribution in [3.05, 3.63) is 52.1 Å². The number of nitrogens with zero attached hydrogens (tertiary/aromatic N) is 2. The van der Waals surface area contributed by atoms with Crippen LogP contribution in [0.2, 0.25) is 0 Å². The van der Waals surface area contributed by atoms with E-state index in [1.165, 1.54) is 102 Å². The van der Waals surface area contributed by atoms with Gasteiger partial charge >= 0.3 is 4.38 Å². The van der Waals surface area contributed by atoms with Crippen LogP contribution in [-0.2, 0) is 19.7 Å². The molecule has 0 heterocycles. The summed E-state index contributed by atoms with van der Waals surface area (Å²) in [6.45, 7) is 16.4. The minimum atomic E-state index is -4.77. The summed E-state index contributed by atoms with van der Waals surface area (Å²) in [6, 6.07) is 6.26. The van der Waals surface area contributed by atoms with Crippen molar-refractivity contribution in [2.75, 3.05) is 13.2 Å². The largest absolute Gasteiger partial charge is 0.504 e. The normalized spacial score (nSPS) is 12.0. The Kier molecular flexibility index (Phi) is 22.5. The van der Waals surface area contributed by atoms with Crippen LogP contribution in [0.15, 0.2) is 34.1 Å². The standard InChI is InChI=1S/C45H74N2O6S2/c1-9-11-13-15-17-19-21-23-25-27-29-52-41-31-37(7)43(33-39(41)35(3)4)54(48,49)45(47-46)55(50,51)44-34-40(36(5)6)42(32-38(44)8)53-30-28-26-24-22-20-18-16-14-12-10-2/h31-36H,9-30H2,1-8H3. The summed E-state index contributed by atoms with van der Waals surface area (Å²) in [7, 11) is -9.55. The molecule has 8 nitrogen and oxygen atoms in total. The minimum absolute atomic E-state index is 0.105. The Morgan fingerprint density at radius 2 is 0.818 bits per heavy atom. The van der Waals surface area contributed by atoms with E-state index < -0.39 is 24.1 Å². The molecule has 2 aromatic carbocycles. The van der Waals surface area contributed by atoms with Crippen LogP contribution < -0.4 is 9.47 Å². The van der Waals surface area contributed by atoms with Crippen molar-refractivity contribution in [2.45, 2.75) is 205 Å². The molecule has 0 atom stereocenters. The van der Waals surface area contributed by atoms with Gasteiger partial charge in [0.1, 0.15) is 11.5 Å². The molecule has 0 spiro atoms. The Morgan fingerprint density at radius 1 is 0.527 bits per heavy atom. The molecule has 0 radical (unpaired) electrons. The highest BCUT2D eigenvalue weighted by atomic mass is 32.3. The molecule has 0 unspecified atom stereocenters. The van der Waals surface area contributed by atoms with Gasteiger partial charge in [-0.05, 0) is 85.0 Å². The average molecular weight is 803 g/mol. The lowest BCUT2D eigenvalue weighted by Crippen LogP contribution is -2.28. The van der Waals surface area contributed by atoms with Crippen LogP contribution in [0.4, 0.5) is 0 Å². The smallest absolute Gasteiger partial charge is 0.493 e. The Balaban J connectivity index is 2.17. The average Bonchev–Trinajstić information content (AvgIpc) is 3.12. The zero-order valence-electron chi connectivity index (χ0n) is 35.7. The Hall–Kier alpha value is -2.68. The summed E-state index contributed by atoms with van der Waals surface area (Å²) in [5.74, 6) is 0.955. The number of unbranched alkanes of at least 4 members (excludes halogenated alkanes) is 18. The summed E-state index contributed by atoms with van der Waals surface area (Å²) in [4.78, 5) is 2.51. The summed E-state index contributed by atoms with van der Waals surface area (Å²) in [5.41, 5.74) is 12.0. The predicted octanol–water partition coefficient (Wildman–Crippen LogP) is 13.0. The number of benzene rings is 2. The summed E-state index contributed by atoms with van der Waals surface area (Å²) >= 11 is 0. The molecule has 55 heavy (non-hydrogen) atoms. The highest BCUT2D eigenvalue weighted by molar-refractivity contribution is 8.31. The first-order chi connectivity index (χ1) is 26.2. The van der Waals surface area contributed by atoms with Gasteiger partial charge in [0.25, 0.3) is 19.7 Å². The zero-order chi connectivity index (χ0) is 40.9. The first-order valence-electron chi connectivity index (χ1n) is 21.5. The molecular weight excluding hydrogens is 729 g/mol. The molecule has 0 aliphatic rings. The van der Waals surface area contributed by atoms with Crippen LogP contribution in [0.5, 0.6) is 11.5 Å². The minimum Gasteiger partial charge on any atom is -0.493 e. The lowest BCUT2D eigenvalue weighted by atomic mass is 10.0. The Bertz CT molecular complexity index is 1590. The first-order valence-corrected chi connectivity index (χ1v) is 24.5. The van der Waals surface area contributed by atoms with Gasteiger partial charge in [0.15, 0.2) is 0 Å². The van der Waals surface area contributed by atoms with E-state index in [0.29, 0.717) is 47.0 Å². The molecule has 2 rings (SSSR count). The van der Waals surface area contributed by atoms with Crippen LogP contribution in [0.3, 0.4) is 0 Å². The molecule has 0 bridgehead atoms. The van der Waals surface area contributed by atoms with Gasteiger partial charge in [-0.25, -0.2) is 16.8 Å². The van der Waals surface area contributed by atoms with E-state index in [2.05, 4.69) is 18.6 Å². The van der Waals surface area contributed by atoms with E-state index in [1.54, 1.807) is 26.0 Å². The number of hydrogen-bond donors (Lipinski definition) is 0. The number of ether oxygens (including phenoxy) is 2. The highest BCUT2D eigenvalue weighted by Crippen LogP contribution is 2.36. The molecule has 312 valence electrons. The maximum atomic E-state index is 14.1. The van der Waals surface area contributed by atoms with E-state index >= 15 is 0 Å². The fraction of sp³-hybridized carbons (Fsp3) is 0.711. The number of rotatable bonds is 28. The number of hydrogen-bond acceptors (Lipinski definition) is 6. The lowest BCUT2D eigenvalue weighted by molar-refractivity contribution is 0.00379. The van der Waals surface area contributed by atoms with E-state index in [4.69, 9.17) is 9.47 Å². The molecule has 10 heteroatoms. The Labute approximate surface area is 336 Å². The van der Waals surface area contributed by atoms with E-state index in [9.17, 15) is 22.4 Å². The van der Waals surface area contributed by atoms with Gasteiger partial charge in [0.05, 0.1) is 23.0 Å². The van der Waals surface area contributed by atoms with Crippen molar-refractivity contribution >= 4 is 24.1 Å². The molecule has 0 saturated carbocycles. The molecule has 0 saturated heterocycles. The van der Waals surface area contributed by atoms with E-state index in [1.807, 2.05) is 27.7 Å². The molecule has 0 N–H and O–H groups in total. The van der Waals surface area contributed by atoms with Crippen molar-refractivity contribution in [2.24, 2.45) is 0 Å². The molecule has 2 aromatic rings. The Morgan fingerprint density at radius 3 is 1.09 bits per heavy atom. The van der Waals surface area contributed by atoms with Crippen molar-refractivity contribution in [1.29, 1.82) is 0 Å². The molecule has 0 aromatic heterocycles. The fourth-order valence-electron chi connectivity index (χ4n) is 7.07. The monoisotopic (exact) mass is 802 g/mol. The second-order valence-electron chi connectivity index (χ2n) is 16.1. The van der Waals surface area contributed by atoms with Gasteiger partial charge in [-0.15, -0.1) is 4.79 Å². The maximum Gasteiger partial charge on any atom is 0.504 e. The zero-order valence-corrected chi connectivity index (χ0v) is 37.3. The number of aryl methyl sites for hydroxylation is 2. The summed E-state index contributed by atoms with van der Waals surface area (Å²) in [6.07, 6.45) is 24.3. The molecular formula is C45H74N2O6S2. The van der Waals surface area contributed by atoms with Crippen LogP contribution >= 0.6 is 0 Å². The third-order valence-electron chi connectivity index (χ3n) is 10.5. The topological polar surface area (TPSA) is 123 Å². The van der Waals surface area contributed by atoms with Gasteiger partial charge in [-0.2, -0.15) is 0 Å². The predicted molar refractivity (Wildman–Crippen MR) is 228 cm³/mol. The van der Waals surface area contributed by atoms with Crippen LogP contribution in [0, 0.1) is 13.8 Å². The highest BCUT2D eigenvalue weighted by Gasteiger charge is 2.46. The third-order valence-corrected chi connectivity index (χ3v) is 14.9. The quantitative estimate of drug-likeness (QED) is 0.0277. The first kappa shape index (κ1) is 48.5. The SMILES string of the molecule is CCCCCCCCCCCCOc1cc(C)c(S(=O)(=O)C(=[N+]=[N-])S(=O)(=O)c2cc(C(C)C)c(OCCCCCCCCCCCC)cc2C)cc1C(C)C. The van der Waals surface area contributed by atoms with E-state index in [0.717, 1.165) is 38.5 Å². The molecule has 0 amide bonds. The van der Waals surface area contributed by atoms with Crippen molar-refractivity contribution in [1.82, 2.24) is 0 Å². The molecule has 0 aliphatic carbocycles. The van der Waals surface area contributed by atoms with Gasteiger partial charge in [-0.3, -0.25) is 0 Å². The van der Waals surface area contributed by atoms with Crippen LogP contribution in [-0.4, -0.2) is 39.2 Å². The fourth-order valence-corrected chi connectivity index (χ4v) is 10.9. The summed E-state index contributed by atoms with van der Waals surface area (Å²) < 4.78 is 67.6. The molecule has 0 fully saturated rings. The van der Waals surface area contributed by atoms with Crippen LogP contribution in [0.25, 0.3) is 5.53 Å². The van der Waals surface area contributed by atoms with E-state index in [-0.39, 0.29) is 21.6 Å². The maximum absolute atomic E-state index is 14.1. The summed E-state index contributed by atoms with van der Waals surface area (Å²) in [5, 5.41) is 0. The van der Waals surface area contributed by atoms with Crippen molar-refractivity contribution in [3.8, 4) is 11.5 Å². The second kappa shape index (κ2) is 25.5. The van der Waals surface area contributed by atoms with Gasteiger partial charge < -0.3 is 15.0 Å². The van der Waals surface area contributed by atoms with Crippen LogP contribution in [0.1, 0.15) is 204 Å². The number of sulfone groups is 2. The third kappa shape index (κ3) is 15.6. The van der Waals surface area contributed by atoms with Gasteiger partial charge in [0.2, 0.25) is 0 Å².